The van der Waals surface area contributed by atoms with Gasteiger partial charge in [0, 0.05) is 223 Å². The number of hydrogen-bond acceptors (Lipinski definition) is 33. The fraction of sp³-hybridized carbons (Fsp3) is 0.343. The van der Waals surface area contributed by atoms with Gasteiger partial charge < -0.3 is 82.3 Å². The number of nitrogens with two attached hydrogens (primary N) is 3. The maximum atomic E-state index is 14.5. The number of benzene rings is 4. The summed E-state index contributed by atoms with van der Waals surface area (Å²) in [6.07, 6.45) is 27.7. The average molecular weight is 1830 g/mol. The van der Waals surface area contributed by atoms with E-state index in [4.69, 9.17) is 76.0 Å². The number of allylic oxidation sites excluding steroid dienone is 1. The van der Waals surface area contributed by atoms with Gasteiger partial charge in [0.05, 0.1) is 66.5 Å². The zero-order chi connectivity index (χ0) is 92.6. The minimum Gasteiger partial charge on any atom is -0.423 e. The normalized spacial score (nSPS) is 21.9. The summed E-state index contributed by atoms with van der Waals surface area (Å²) >= 11 is 0. The molecule has 8 fully saturated rings. The lowest BCUT2D eigenvalue weighted by atomic mass is 9.98. The first-order chi connectivity index (χ1) is 66.3. The van der Waals surface area contributed by atoms with Gasteiger partial charge in [-0.2, -0.15) is 39.9 Å². The van der Waals surface area contributed by atoms with Crippen LogP contribution in [0, 0.1) is 78.5 Å². The van der Waals surface area contributed by atoms with Crippen LogP contribution in [0.3, 0.4) is 0 Å². The predicted molar refractivity (Wildman–Crippen MR) is 507 cm³/mol. The summed E-state index contributed by atoms with van der Waals surface area (Å²) in [5.41, 5.74) is 39.8. The van der Waals surface area contributed by atoms with Gasteiger partial charge in [0.2, 0.25) is 0 Å². The van der Waals surface area contributed by atoms with Crippen LogP contribution in [0.4, 0.5) is 63.6 Å². The Hall–Kier alpha value is -14.7. The highest BCUT2D eigenvalue weighted by molar-refractivity contribution is 6.11. The van der Waals surface area contributed by atoms with Gasteiger partial charge >= 0.3 is 24.0 Å². The molecule has 9 atom stereocenters. The van der Waals surface area contributed by atoms with Crippen molar-refractivity contribution in [1.82, 2.24) is 85.1 Å². The van der Waals surface area contributed by atoms with Crippen LogP contribution >= 0.6 is 0 Å². The van der Waals surface area contributed by atoms with Crippen molar-refractivity contribution >= 4 is 57.8 Å². The Morgan fingerprint density at radius 1 is 0.375 bits per heavy atom. The molecule has 3 saturated carbocycles. The molecule has 13 aromatic rings. The molecule has 37 heteroatoms. The molecule has 26 rings (SSSR count). The molecule has 6 aliphatic heterocycles. The summed E-state index contributed by atoms with van der Waals surface area (Å²) in [7, 11) is 7.22. The van der Waals surface area contributed by atoms with Gasteiger partial charge in [0.1, 0.15) is 76.0 Å². The molecule has 0 bridgehead atoms. The largest absolute Gasteiger partial charge is 0.423 e. The highest BCUT2D eigenvalue weighted by Gasteiger charge is 2.56. The van der Waals surface area contributed by atoms with Crippen LogP contribution in [0.2, 0.25) is 0 Å². The van der Waals surface area contributed by atoms with Crippen LogP contribution in [0.15, 0.2) is 140 Å². The number of piperidine rings is 2. The Bertz CT molecular complexity index is 6970. The van der Waals surface area contributed by atoms with E-state index in [2.05, 4.69) is 91.0 Å². The Morgan fingerprint density at radius 3 is 1.13 bits per heavy atom. The lowest BCUT2D eigenvalue weighted by molar-refractivity contribution is 0.435. The molecule has 7 aliphatic carbocycles. The molecule has 136 heavy (non-hydrogen) atoms. The Labute approximate surface area is 779 Å². The van der Waals surface area contributed by atoms with Crippen LogP contribution in [0.5, 0.6) is 47.0 Å². The number of fused-ring (bicyclic) bond motifs is 16. The summed E-state index contributed by atoms with van der Waals surface area (Å²) < 4.78 is 82.2. The number of pyridine rings is 2. The van der Waals surface area contributed by atoms with Crippen molar-refractivity contribution in [3.8, 4) is 103 Å². The topological polar surface area (TPSA) is 407 Å². The highest BCUT2D eigenvalue weighted by atomic mass is 19.1. The van der Waals surface area contributed by atoms with E-state index in [9.17, 15) is 17.6 Å². The third kappa shape index (κ3) is 16.0. The van der Waals surface area contributed by atoms with E-state index in [0.717, 1.165) is 236 Å². The van der Waals surface area contributed by atoms with Crippen molar-refractivity contribution in [2.24, 2.45) is 63.6 Å². The number of halogens is 4. The Morgan fingerprint density at radius 2 is 0.743 bits per heavy atom. The number of hydrogen-bond donors (Lipinski definition) is 8. The lowest BCUT2D eigenvalue weighted by Gasteiger charge is -2.23. The second kappa shape index (κ2) is 34.7. The number of aryl methyl sites for hydroxylation is 2. The van der Waals surface area contributed by atoms with E-state index in [0.29, 0.717) is 114 Å². The molecule has 0 radical (unpaired) electrons. The van der Waals surface area contributed by atoms with Crippen LogP contribution in [0.25, 0.3) is 61.2 Å². The quantitative estimate of drug-likeness (QED) is 0.0370. The summed E-state index contributed by atoms with van der Waals surface area (Å²) in [4.78, 5) is 85.2. The standard InChI is InChI=1S/C26H23FN8O.C26H24FN7O.C24H26FN7O.C23H24FN7O/c1-29-21-4-15(27)3-18-17(21)5-22-23(18)25(35-10-19-20(11-35)24(19)28)34-26(33-22)36-16-2-13(6-30-9-16)14-7-31-12-32-8-14;1-29-21-6-15(27)5-18-17(21)7-22-23(18)25(34-11-19-20(12-34)24(19)28)33-26(32-22)35-16-4-14(9-31-10-16)13-2-3-30-8-13;1-12-28-8-15(9-29-12)33-24-30-21-7-16-17(5-14(25)6-20(16)27-2)22(21)23(31-24)32-10-13-3-4-19(26)18(13)11-32;1-12-27-8-15(9-28-12)32-23-29-19-7-16-17(5-14(24)6-18(16)25-2)21(19)22(30-23)31-10-13-3-4-26-20(13)11-31/h2-4,6-9,12,19-20,24,29H,5,10-11,28H2,1H3;2,4-6,8-10,19-20,24,29H,3,7,11-12,28H2,1H3;5-6,8-9,13,18-19,27H,3-4,7,10-11,26H2,1-2H3;5-6,8-9,13,20,25-26H,3-4,7,10-11H2,1-2H3. The number of rotatable bonds is 18. The molecule has 15 heterocycles. The van der Waals surface area contributed by atoms with Crippen molar-refractivity contribution in [1.29, 1.82) is 0 Å². The lowest BCUT2D eigenvalue weighted by Crippen LogP contribution is -2.30. The molecule has 4 aromatic carbocycles. The molecule has 690 valence electrons. The number of aromatic nitrogens is 16. The van der Waals surface area contributed by atoms with Gasteiger partial charge in [-0.25, -0.2) is 47.5 Å². The van der Waals surface area contributed by atoms with Crippen LogP contribution in [0.1, 0.15) is 81.5 Å². The Kier molecular flexibility index (Phi) is 21.8. The fourth-order valence-corrected chi connectivity index (χ4v) is 21.9. The first kappa shape index (κ1) is 85.5. The molecule has 5 saturated heterocycles. The molecule has 0 amide bonds. The van der Waals surface area contributed by atoms with Crippen molar-refractivity contribution < 1.29 is 36.5 Å². The zero-order valence-electron chi connectivity index (χ0n) is 75.4. The van der Waals surface area contributed by atoms with Gasteiger partial charge in [0.25, 0.3) is 0 Å². The maximum Gasteiger partial charge on any atom is 0.324 e. The van der Waals surface area contributed by atoms with E-state index < -0.39 is 0 Å². The molecule has 9 aromatic heterocycles. The molecule has 0 spiro atoms. The summed E-state index contributed by atoms with van der Waals surface area (Å²) in [5, 5.41) is 16.1. The molecular formula is C99H97F4N29O4. The summed E-state index contributed by atoms with van der Waals surface area (Å²) in [6.45, 7) is 12.2. The smallest absolute Gasteiger partial charge is 0.324 e. The van der Waals surface area contributed by atoms with E-state index in [1.807, 2.05) is 45.3 Å². The second-order valence-electron chi connectivity index (χ2n) is 36.9. The van der Waals surface area contributed by atoms with Crippen molar-refractivity contribution in [2.75, 3.05) is 135 Å². The average Bonchev–Trinajstić information content (AvgIpc) is 1.55. The van der Waals surface area contributed by atoms with Gasteiger partial charge in [-0.3, -0.25) is 15.0 Å². The van der Waals surface area contributed by atoms with Gasteiger partial charge in [-0.05, 0) is 192 Å². The summed E-state index contributed by atoms with van der Waals surface area (Å²) in [6, 6.07) is 18.4. The van der Waals surface area contributed by atoms with Crippen LogP contribution in [-0.2, 0) is 25.7 Å². The minimum atomic E-state index is -0.295. The van der Waals surface area contributed by atoms with Crippen molar-refractivity contribution in [3.63, 3.8) is 0 Å². The molecule has 11 N–H and O–H groups in total. The van der Waals surface area contributed by atoms with E-state index >= 15 is 0 Å². The number of anilines is 8. The highest BCUT2D eigenvalue weighted by Crippen LogP contribution is 2.56. The van der Waals surface area contributed by atoms with Gasteiger partial charge in [0.15, 0.2) is 11.5 Å². The van der Waals surface area contributed by atoms with Gasteiger partial charge in [-0.1, -0.05) is 6.08 Å². The maximum absolute atomic E-state index is 14.5. The fourth-order valence-electron chi connectivity index (χ4n) is 21.9. The van der Waals surface area contributed by atoms with Crippen molar-refractivity contribution in [2.45, 2.75) is 83.0 Å². The van der Waals surface area contributed by atoms with E-state index in [1.54, 1.807) is 107 Å². The van der Waals surface area contributed by atoms with Crippen LogP contribution in [-0.4, -0.2) is 204 Å². The Balaban J connectivity index is 0.000000102. The first-order valence-corrected chi connectivity index (χ1v) is 46.1. The van der Waals surface area contributed by atoms with E-state index in [-0.39, 0.29) is 65.4 Å². The monoisotopic (exact) mass is 1830 g/mol. The zero-order valence-corrected chi connectivity index (χ0v) is 75.4. The number of nitrogens with zero attached hydrogens (tertiary/aromatic N) is 21. The molecule has 9 unspecified atom stereocenters. The van der Waals surface area contributed by atoms with Gasteiger partial charge in [-0.15, -0.1) is 0 Å². The van der Waals surface area contributed by atoms with Crippen LogP contribution < -0.4 is 82.3 Å². The minimum absolute atomic E-state index is 0.218. The summed E-state index contributed by atoms with van der Waals surface area (Å²) in [5.74, 6) is 8.85. The molecule has 13 aliphatic rings. The predicted octanol–water partition coefficient (Wildman–Crippen LogP) is 12.8. The SMILES string of the molecule is CNc1cc(F)cc2c1Cc1nc(Oc3cnc(C)nc3)nc(N3CC4CCC(N)C4C3)c1-2.CNc1cc(F)cc2c1Cc1nc(Oc3cnc(C)nc3)nc(N3CC4CCNC4C3)c1-2.CNc1cc(F)cc2c1Cc1nc(Oc3cncc(-c4cncnc4)c3)nc(N3CC4C(N)C4C3)c1-2.CNc1cc(F)cc2c1Cc1nc(Oc3cncc(C4=CCN=C4)c3)nc(N3CC4C(N)C4C3)c1-2. The second-order valence-corrected chi connectivity index (χ2v) is 36.9. The van der Waals surface area contributed by atoms with Crippen molar-refractivity contribution in [3.05, 3.63) is 221 Å². The number of ether oxygens (including phenoxy) is 4. The molecule has 33 nitrogen and oxygen atoms in total. The molecular weight excluding hydrogens is 1740 g/mol. The third-order valence-electron chi connectivity index (χ3n) is 28.8. The first-order valence-electron chi connectivity index (χ1n) is 46.1. The van der Waals surface area contributed by atoms with E-state index in [1.165, 1.54) is 30.6 Å². The number of aliphatic imine (C=N–C) groups is 1. The number of nitrogens with one attached hydrogen (secondary N) is 5. The third-order valence-corrected chi connectivity index (χ3v) is 28.8.